The fourth-order valence-corrected chi connectivity index (χ4v) is 2.36. The molecule has 0 aromatic heterocycles. The van der Waals surface area contributed by atoms with Crippen LogP contribution in [0.4, 0.5) is 13.2 Å². The number of halogens is 3. The van der Waals surface area contributed by atoms with Crippen LogP contribution >= 0.6 is 0 Å². The molecule has 0 aromatic rings. The number of piperidine rings is 1. The molecule has 1 saturated heterocycles. The summed E-state index contributed by atoms with van der Waals surface area (Å²) in [6, 6.07) is 0.665. The minimum Gasteiger partial charge on any atom is -0.296 e. The molecule has 0 spiro atoms. The quantitative estimate of drug-likeness (QED) is 0.736. The maximum Gasteiger partial charge on any atom is 0.457 e. The summed E-state index contributed by atoms with van der Waals surface area (Å²) in [6.07, 6.45) is 1.21. The van der Waals surface area contributed by atoms with Gasteiger partial charge in [-0.3, -0.25) is 4.90 Å². The number of hydrogen-bond donors (Lipinski definition) is 1. The van der Waals surface area contributed by atoms with E-state index in [-0.39, 0.29) is 12.6 Å². The molecule has 88 valence electrons. The number of likely N-dealkylation sites (tertiary alicyclic amines) is 1. The van der Waals surface area contributed by atoms with E-state index >= 15 is 0 Å². The molecule has 5 heteroatoms. The highest BCUT2D eigenvalue weighted by atomic mass is 19.4. The molecule has 1 heterocycles. The van der Waals surface area contributed by atoms with E-state index in [0.717, 1.165) is 25.8 Å². The van der Waals surface area contributed by atoms with E-state index in [4.69, 9.17) is 0 Å². The molecule has 15 heavy (non-hydrogen) atoms. The predicted octanol–water partition coefficient (Wildman–Crippen LogP) is 2.11. The fraction of sp³-hybridized carbons (Fsp3) is 1.00. The minimum absolute atomic E-state index is 0.0556. The average Bonchev–Trinajstić information content (AvgIpc) is 2.97. The van der Waals surface area contributed by atoms with Gasteiger partial charge in [-0.15, -0.1) is 0 Å². The first-order chi connectivity index (χ1) is 7.06. The molecule has 0 amide bonds. The summed E-state index contributed by atoms with van der Waals surface area (Å²) >= 11 is 0. The summed E-state index contributed by atoms with van der Waals surface area (Å²) in [7, 11) is 0. The highest BCUT2D eigenvalue weighted by molar-refractivity contribution is 4.91. The monoisotopic (exact) mass is 222 g/mol. The summed E-state index contributed by atoms with van der Waals surface area (Å²) in [5, 5.41) is 1.66. The van der Waals surface area contributed by atoms with Crippen LogP contribution in [0.5, 0.6) is 0 Å². The van der Waals surface area contributed by atoms with Gasteiger partial charge in [0.25, 0.3) is 0 Å². The predicted molar refractivity (Wildman–Crippen MR) is 51.4 cm³/mol. The van der Waals surface area contributed by atoms with Crippen LogP contribution in [0.3, 0.4) is 0 Å². The van der Waals surface area contributed by atoms with Crippen LogP contribution in [0.1, 0.15) is 32.1 Å². The molecule has 0 bridgehead atoms. The number of nitrogens with one attached hydrogen (secondary N) is 1. The number of alkyl halides is 3. The van der Waals surface area contributed by atoms with Gasteiger partial charge in [0.2, 0.25) is 0 Å². The van der Waals surface area contributed by atoms with Gasteiger partial charge in [0.15, 0.2) is 0 Å². The lowest BCUT2D eigenvalue weighted by atomic mass is 10.0. The Labute approximate surface area is 87.8 Å². The standard InChI is InChI=1S/C10H17F3N2/c11-10(12,13)14-7-9-3-1-2-6-15(9)8-4-5-8/h8-9,14H,1-7H2. The van der Waals surface area contributed by atoms with Gasteiger partial charge in [-0.2, -0.15) is 13.2 Å². The zero-order valence-electron chi connectivity index (χ0n) is 8.69. The molecule has 0 aromatic carbocycles. The summed E-state index contributed by atoms with van der Waals surface area (Å²) in [6.45, 7) is 1.04. The Kier molecular flexibility index (Phi) is 3.21. The van der Waals surface area contributed by atoms with Crippen LogP contribution in [0, 0.1) is 0 Å². The van der Waals surface area contributed by atoms with E-state index in [0.29, 0.717) is 6.04 Å². The number of nitrogens with zero attached hydrogens (tertiary/aromatic N) is 1. The second kappa shape index (κ2) is 4.29. The first-order valence-corrected chi connectivity index (χ1v) is 5.64. The lowest BCUT2D eigenvalue weighted by Gasteiger charge is -2.36. The Bertz CT molecular complexity index is 213. The fourth-order valence-electron chi connectivity index (χ4n) is 2.36. The zero-order valence-corrected chi connectivity index (χ0v) is 8.69. The van der Waals surface area contributed by atoms with E-state index in [1.807, 2.05) is 0 Å². The Morgan fingerprint density at radius 3 is 2.47 bits per heavy atom. The first-order valence-electron chi connectivity index (χ1n) is 5.64. The molecule has 1 aliphatic carbocycles. The maximum atomic E-state index is 12.0. The van der Waals surface area contributed by atoms with Crippen molar-refractivity contribution in [3.05, 3.63) is 0 Å². The van der Waals surface area contributed by atoms with Crippen LogP contribution in [0.2, 0.25) is 0 Å². The van der Waals surface area contributed by atoms with E-state index in [1.54, 1.807) is 5.32 Å². The summed E-state index contributed by atoms with van der Waals surface area (Å²) < 4.78 is 36.1. The molecule has 1 unspecified atom stereocenters. The third kappa shape index (κ3) is 3.34. The molecule has 2 aliphatic rings. The Morgan fingerprint density at radius 2 is 1.87 bits per heavy atom. The van der Waals surface area contributed by atoms with E-state index < -0.39 is 6.30 Å². The Hall–Kier alpha value is -0.290. The van der Waals surface area contributed by atoms with Crippen molar-refractivity contribution in [3.8, 4) is 0 Å². The van der Waals surface area contributed by atoms with Gasteiger partial charge in [-0.1, -0.05) is 6.42 Å². The largest absolute Gasteiger partial charge is 0.457 e. The van der Waals surface area contributed by atoms with Gasteiger partial charge in [0, 0.05) is 18.6 Å². The summed E-state index contributed by atoms with van der Waals surface area (Å²) in [4.78, 5) is 2.27. The average molecular weight is 222 g/mol. The lowest BCUT2D eigenvalue weighted by molar-refractivity contribution is -0.159. The molecule has 1 aliphatic heterocycles. The van der Waals surface area contributed by atoms with Crippen molar-refractivity contribution in [2.75, 3.05) is 13.1 Å². The van der Waals surface area contributed by atoms with Gasteiger partial charge >= 0.3 is 6.30 Å². The zero-order chi connectivity index (χ0) is 10.9. The van der Waals surface area contributed by atoms with E-state index in [2.05, 4.69) is 4.90 Å². The molecule has 0 radical (unpaired) electrons. The van der Waals surface area contributed by atoms with Crippen molar-refractivity contribution < 1.29 is 13.2 Å². The minimum atomic E-state index is -4.23. The van der Waals surface area contributed by atoms with Gasteiger partial charge in [0.1, 0.15) is 0 Å². The van der Waals surface area contributed by atoms with Gasteiger partial charge < -0.3 is 0 Å². The van der Waals surface area contributed by atoms with Crippen LogP contribution in [0.15, 0.2) is 0 Å². The molecule has 2 rings (SSSR count). The normalized spacial score (nSPS) is 29.4. The van der Waals surface area contributed by atoms with Crippen molar-refractivity contribution in [1.29, 1.82) is 0 Å². The van der Waals surface area contributed by atoms with E-state index in [1.165, 1.54) is 12.8 Å². The molecule has 1 atom stereocenters. The second-order valence-electron chi connectivity index (χ2n) is 4.50. The number of rotatable bonds is 3. The SMILES string of the molecule is FC(F)(F)NCC1CCCCN1C1CC1. The molecule has 2 fully saturated rings. The van der Waals surface area contributed by atoms with Crippen molar-refractivity contribution in [3.63, 3.8) is 0 Å². The van der Waals surface area contributed by atoms with Crippen LogP contribution < -0.4 is 5.32 Å². The lowest BCUT2D eigenvalue weighted by Crippen LogP contribution is -2.49. The molecular formula is C10H17F3N2. The summed E-state index contributed by atoms with van der Waals surface area (Å²) in [5.41, 5.74) is 0. The van der Waals surface area contributed by atoms with Crippen LogP contribution in [0.25, 0.3) is 0 Å². The van der Waals surface area contributed by atoms with Crippen molar-refractivity contribution >= 4 is 0 Å². The molecule has 1 N–H and O–H groups in total. The van der Waals surface area contributed by atoms with Crippen molar-refractivity contribution in [2.24, 2.45) is 0 Å². The first kappa shape index (κ1) is 11.2. The second-order valence-corrected chi connectivity index (χ2v) is 4.50. The topological polar surface area (TPSA) is 15.3 Å². The molecular weight excluding hydrogens is 205 g/mol. The van der Waals surface area contributed by atoms with Crippen LogP contribution in [-0.2, 0) is 0 Å². The highest BCUT2D eigenvalue weighted by Crippen LogP contribution is 2.32. The third-order valence-electron chi connectivity index (χ3n) is 3.23. The summed E-state index contributed by atoms with van der Waals surface area (Å²) in [5.74, 6) is 0. The third-order valence-corrected chi connectivity index (χ3v) is 3.23. The van der Waals surface area contributed by atoms with Crippen molar-refractivity contribution in [2.45, 2.75) is 50.5 Å². The van der Waals surface area contributed by atoms with Crippen molar-refractivity contribution in [1.82, 2.24) is 10.2 Å². The Balaban J connectivity index is 1.82. The maximum absolute atomic E-state index is 12.0. The van der Waals surface area contributed by atoms with E-state index in [9.17, 15) is 13.2 Å². The number of hydrogen-bond acceptors (Lipinski definition) is 2. The molecule has 2 nitrogen and oxygen atoms in total. The smallest absolute Gasteiger partial charge is 0.296 e. The van der Waals surface area contributed by atoms with Gasteiger partial charge in [-0.05, 0) is 32.2 Å². The van der Waals surface area contributed by atoms with Crippen LogP contribution in [-0.4, -0.2) is 36.4 Å². The molecule has 1 saturated carbocycles. The van der Waals surface area contributed by atoms with Gasteiger partial charge in [-0.25, -0.2) is 5.32 Å². The Morgan fingerprint density at radius 1 is 1.13 bits per heavy atom. The van der Waals surface area contributed by atoms with Gasteiger partial charge in [0.05, 0.1) is 0 Å². The highest BCUT2D eigenvalue weighted by Gasteiger charge is 2.37.